The molecule has 21 heavy (non-hydrogen) atoms. The van der Waals surface area contributed by atoms with Crippen molar-refractivity contribution in [3.8, 4) is 0 Å². The van der Waals surface area contributed by atoms with E-state index in [1.165, 1.54) is 23.3 Å². The summed E-state index contributed by atoms with van der Waals surface area (Å²) in [5, 5.41) is 2.71. The summed E-state index contributed by atoms with van der Waals surface area (Å²) in [5.74, 6) is -0.510. The molecule has 0 unspecified atom stereocenters. The second-order valence-corrected chi connectivity index (χ2v) is 4.61. The fourth-order valence-corrected chi connectivity index (χ4v) is 1.95. The fourth-order valence-electron chi connectivity index (χ4n) is 1.95. The molecule has 6 nitrogen and oxygen atoms in total. The van der Waals surface area contributed by atoms with Crippen LogP contribution in [0.5, 0.6) is 0 Å². The minimum absolute atomic E-state index is 0.238. The van der Waals surface area contributed by atoms with Gasteiger partial charge in [0.1, 0.15) is 6.33 Å². The van der Waals surface area contributed by atoms with Crippen LogP contribution in [0.15, 0.2) is 49.1 Å². The van der Waals surface area contributed by atoms with Gasteiger partial charge in [0, 0.05) is 12.4 Å². The van der Waals surface area contributed by atoms with Crippen molar-refractivity contribution in [2.45, 2.75) is 19.4 Å². The number of hydrogen-bond acceptors (Lipinski definition) is 4. The van der Waals surface area contributed by atoms with E-state index in [2.05, 4.69) is 10.3 Å². The largest absolute Gasteiger partial charge is 0.464 e. The highest BCUT2D eigenvalue weighted by molar-refractivity contribution is 5.89. The molecule has 1 aromatic carbocycles. The van der Waals surface area contributed by atoms with E-state index in [-0.39, 0.29) is 6.61 Å². The first-order valence-electron chi connectivity index (χ1n) is 6.61. The van der Waals surface area contributed by atoms with Crippen LogP contribution >= 0.6 is 0 Å². The van der Waals surface area contributed by atoms with Gasteiger partial charge in [0.15, 0.2) is 5.54 Å². The lowest BCUT2D eigenvalue weighted by Crippen LogP contribution is -2.51. The summed E-state index contributed by atoms with van der Waals surface area (Å²) >= 11 is 0. The Balaban J connectivity index is 2.32. The average Bonchev–Trinajstić information content (AvgIpc) is 3.02. The molecule has 110 valence electrons. The molecule has 0 radical (unpaired) electrons. The van der Waals surface area contributed by atoms with E-state index < -0.39 is 17.5 Å². The number of nitrogens with zero attached hydrogens (tertiary/aromatic N) is 2. The predicted octanol–water partition coefficient (Wildman–Crippen LogP) is 1.92. The number of nitrogens with one attached hydrogen (secondary N) is 1. The number of rotatable bonds is 4. The van der Waals surface area contributed by atoms with Gasteiger partial charge in [-0.05, 0) is 19.4 Å². The number of hydrogen-bond donors (Lipinski definition) is 1. The van der Waals surface area contributed by atoms with Gasteiger partial charge in [-0.1, -0.05) is 30.3 Å². The quantitative estimate of drug-likeness (QED) is 0.872. The molecule has 0 aliphatic rings. The molecule has 0 aliphatic carbocycles. The maximum atomic E-state index is 12.3. The van der Waals surface area contributed by atoms with Gasteiger partial charge >= 0.3 is 12.0 Å². The summed E-state index contributed by atoms with van der Waals surface area (Å²) < 4.78 is 6.37. The fraction of sp³-hybridized carbons (Fsp3) is 0.267. The Morgan fingerprint density at radius 3 is 2.62 bits per heavy atom. The highest BCUT2D eigenvalue weighted by Gasteiger charge is 2.38. The standard InChI is InChI=1S/C15H17N3O3/c1-3-21-13(19)15(2,12-7-5-4-6-8-12)17-14(20)18-10-9-16-11-18/h4-11H,3H2,1-2H3,(H,17,20)/t15-/m0/s1. The van der Waals surface area contributed by atoms with E-state index in [1.807, 2.05) is 6.07 Å². The zero-order chi connectivity index (χ0) is 15.3. The van der Waals surface area contributed by atoms with Gasteiger partial charge in [-0.15, -0.1) is 0 Å². The summed E-state index contributed by atoms with van der Waals surface area (Å²) in [6.45, 7) is 3.58. The first-order chi connectivity index (χ1) is 10.1. The maximum Gasteiger partial charge on any atom is 0.336 e. The SMILES string of the molecule is CCOC(=O)[C@@](C)(NC(=O)n1ccnc1)c1ccccc1. The first-order valence-corrected chi connectivity index (χ1v) is 6.61. The zero-order valence-electron chi connectivity index (χ0n) is 11.9. The molecule has 0 bridgehead atoms. The van der Waals surface area contributed by atoms with E-state index >= 15 is 0 Å². The molecule has 6 heteroatoms. The summed E-state index contributed by atoms with van der Waals surface area (Å²) in [4.78, 5) is 28.3. The van der Waals surface area contributed by atoms with Crippen molar-refractivity contribution in [3.63, 3.8) is 0 Å². The second-order valence-electron chi connectivity index (χ2n) is 4.61. The number of benzene rings is 1. The van der Waals surface area contributed by atoms with Crippen LogP contribution in [0.2, 0.25) is 0 Å². The van der Waals surface area contributed by atoms with Crippen molar-refractivity contribution in [1.29, 1.82) is 0 Å². The number of carbonyl (C=O) groups excluding carboxylic acids is 2. The normalized spacial score (nSPS) is 13.2. The molecule has 2 aromatic rings. The lowest BCUT2D eigenvalue weighted by molar-refractivity contribution is -0.150. The van der Waals surface area contributed by atoms with Gasteiger partial charge in [-0.3, -0.25) is 4.57 Å². The molecule has 0 fully saturated rings. The Bertz CT molecular complexity index is 610. The summed E-state index contributed by atoms with van der Waals surface area (Å²) in [7, 11) is 0. The van der Waals surface area contributed by atoms with Crippen LogP contribution in [0.3, 0.4) is 0 Å². The van der Waals surface area contributed by atoms with E-state index in [4.69, 9.17) is 4.74 Å². The van der Waals surface area contributed by atoms with Crippen LogP contribution in [0.1, 0.15) is 19.4 Å². The van der Waals surface area contributed by atoms with Gasteiger partial charge in [-0.2, -0.15) is 0 Å². The smallest absolute Gasteiger partial charge is 0.336 e. The van der Waals surface area contributed by atoms with E-state index in [0.717, 1.165) is 0 Å². The van der Waals surface area contributed by atoms with Crippen LogP contribution in [0, 0.1) is 0 Å². The molecule has 1 N–H and O–H groups in total. The molecule has 0 spiro atoms. The van der Waals surface area contributed by atoms with E-state index in [0.29, 0.717) is 5.56 Å². The highest BCUT2D eigenvalue weighted by atomic mass is 16.5. The Morgan fingerprint density at radius 1 is 1.33 bits per heavy atom. The van der Waals surface area contributed by atoms with Crippen molar-refractivity contribution in [2.24, 2.45) is 0 Å². The molecule has 2 rings (SSSR count). The highest BCUT2D eigenvalue weighted by Crippen LogP contribution is 2.22. The van der Waals surface area contributed by atoms with Gasteiger partial charge < -0.3 is 10.1 Å². The Morgan fingerprint density at radius 2 is 2.05 bits per heavy atom. The van der Waals surface area contributed by atoms with Gasteiger partial charge in [0.25, 0.3) is 0 Å². The van der Waals surface area contributed by atoms with Crippen LogP contribution in [-0.4, -0.2) is 28.2 Å². The molecule has 0 aliphatic heterocycles. The molecule has 1 aromatic heterocycles. The Hall–Kier alpha value is -2.63. The van der Waals surface area contributed by atoms with Gasteiger partial charge in [-0.25, -0.2) is 14.6 Å². The molecular formula is C15H17N3O3. The first kappa shape index (κ1) is 14.8. The Kier molecular flexibility index (Phi) is 4.37. The molecule has 0 saturated carbocycles. The number of ether oxygens (including phenoxy) is 1. The number of imidazole rings is 1. The number of amides is 1. The number of carbonyl (C=O) groups is 2. The lowest BCUT2D eigenvalue weighted by atomic mass is 9.92. The molecule has 1 heterocycles. The van der Waals surface area contributed by atoms with E-state index in [1.54, 1.807) is 38.1 Å². The van der Waals surface area contributed by atoms with Gasteiger partial charge in [0.2, 0.25) is 0 Å². The molecular weight excluding hydrogens is 270 g/mol. The number of aromatic nitrogens is 2. The van der Waals surface area contributed by atoms with E-state index in [9.17, 15) is 9.59 Å². The third kappa shape index (κ3) is 3.10. The minimum Gasteiger partial charge on any atom is -0.464 e. The van der Waals surface area contributed by atoms with Crippen LogP contribution in [0.25, 0.3) is 0 Å². The summed E-state index contributed by atoms with van der Waals surface area (Å²) in [5.41, 5.74) is -0.615. The number of esters is 1. The van der Waals surface area contributed by atoms with Crippen LogP contribution in [-0.2, 0) is 15.1 Å². The minimum atomic E-state index is -1.27. The van der Waals surface area contributed by atoms with Crippen LogP contribution in [0.4, 0.5) is 4.79 Å². The van der Waals surface area contributed by atoms with Crippen molar-refractivity contribution >= 4 is 12.0 Å². The van der Waals surface area contributed by atoms with Crippen LogP contribution < -0.4 is 5.32 Å². The predicted molar refractivity (Wildman–Crippen MR) is 76.6 cm³/mol. The van der Waals surface area contributed by atoms with Crippen molar-refractivity contribution in [2.75, 3.05) is 6.61 Å². The molecule has 1 amide bonds. The average molecular weight is 287 g/mol. The second kappa shape index (κ2) is 6.21. The monoisotopic (exact) mass is 287 g/mol. The molecule has 1 atom stereocenters. The molecule has 0 saturated heterocycles. The maximum absolute atomic E-state index is 12.3. The van der Waals surface area contributed by atoms with Gasteiger partial charge in [0.05, 0.1) is 6.61 Å². The van der Waals surface area contributed by atoms with Crippen molar-refractivity contribution in [3.05, 3.63) is 54.6 Å². The third-order valence-corrected chi connectivity index (χ3v) is 3.13. The lowest BCUT2D eigenvalue weighted by Gasteiger charge is -2.28. The Labute approximate surface area is 122 Å². The third-order valence-electron chi connectivity index (χ3n) is 3.13. The summed E-state index contributed by atoms with van der Waals surface area (Å²) in [6, 6.07) is 8.53. The summed E-state index contributed by atoms with van der Waals surface area (Å²) in [6.07, 6.45) is 4.36. The van der Waals surface area contributed by atoms with Crippen molar-refractivity contribution < 1.29 is 14.3 Å². The van der Waals surface area contributed by atoms with Crippen molar-refractivity contribution in [1.82, 2.24) is 14.9 Å². The zero-order valence-corrected chi connectivity index (χ0v) is 11.9. The topological polar surface area (TPSA) is 73.2 Å².